The third-order valence-electron chi connectivity index (χ3n) is 10.5. The first-order valence-corrected chi connectivity index (χ1v) is 17.9. The topological polar surface area (TPSA) is 51.8 Å². The Labute approximate surface area is 304 Å². The Morgan fingerprint density at radius 3 is 1.79 bits per heavy atom. The molecule has 0 saturated carbocycles. The van der Waals surface area contributed by atoms with Crippen LogP contribution in [0.15, 0.2) is 180 Å². The number of aromatic nitrogens is 3. The number of hydrogen-bond donors (Lipinski definition) is 0. The normalized spacial score (nSPS) is 11.8. The van der Waals surface area contributed by atoms with Gasteiger partial charge in [0.25, 0.3) is 0 Å². The minimum Gasteiger partial charge on any atom is -0.455 e. The molecular formula is C49H29N3O. The van der Waals surface area contributed by atoms with Gasteiger partial charge in [-0.1, -0.05) is 146 Å². The molecule has 9 aromatic carbocycles. The van der Waals surface area contributed by atoms with E-state index in [9.17, 15) is 0 Å². The van der Waals surface area contributed by atoms with Gasteiger partial charge in [0.1, 0.15) is 11.2 Å². The average molecular weight is 676 g/mol. The number of para-hydroxylation sites is 1. The van der Waals surface area contributed by atoms with Crippen LogP contribution in [0, 0.1) is 0 Å². The number of benzene rings is 9. The highest BCUT2D eigenvalue weighted by molar-refractivity contribution is 6.25. The van der Waals surface area contributed by atoms with Gasteiger partial charge in [-0.05, 0) is 79.0 Å². The van der Waals surface area contributed by atoms with Crippen LogP contribution in [0.1, 0.15) is 0 Å². The van der Waals surface area contributed by atoms with Crippen LogP contribution >= 0.6 is 0 Å². The molecule has 0 unspecified atom stereocenters. The molecule has 11 aromatic rings. The summed E-state index contributed by atoms with van der Waals surface area (Å²) in [5, 5.41) is 11.6. The molecule has 0 saturated heterocycles. The van der Waals surface area contributed by atoms with Gasteiger partial charge >= 0.3 is 0 Å². The van der Waals surface area contributed by atoms with Crippen LogP contribution in [0.2, 0.25) is 0 Å². The van der Waals surface area contributed by atoms with Gasteiger partial charge in [-0.3, -0.25) is 0 Å². The second kappa shape index (κ2) is 11.7. The number of fused-ring (bicyclic) bond motifs is 9. The number of nitrogens with zero attached hydrogens (tertiary/aromatic N) is 3. The largest absolute Gasteiger partial charge is 0.455 e. The quantitative estimate of drug-likeness (QED) is 0.174. The molecule has 0 aliphatic rings. The summed E-state index contributed by atoms with van der Waals surface area (Å²) in [6, 6.07) is 61.6. The highest BCUT2D eigenvalue weighted by Crippen LogP contribution is 2.46. The molecule has 0 atom stereocenters. The SMILES string of the molecule is c1ccc(-c2nc(-c3ccc4ccccc4c3)nc(-c3ccc(-c4cc5ccccc5c5ccc6ccccc6c45)c4oc5ccccc5c34)n2)cc1. The molecule has 0 aliphatic heterocycles. The second-order valence-electron chi connectivity index (χ2n) is 13.6. The van der Waals surface area contributed by atoms with E-state index in [2.05, 4.69) is 133 Å². The lowest BCUT2D eigenvalue weighted by atomic mass is 9.88. The van der Waals surface area contributed by atoms with Crippen molar-refractivity contribution in [2.45, 2.75) is 0 Å². The molecule has 53 heavy (non-hydrogen) atoms. The third-order valence-corrected chi connectivity index (χ3v) is 10.5. The van der Waals surface area contributed by atoms with Gasteiger partial charge in [-0.25, -0.2) is 15.0 Å². The molecule has 0 aliphatic carbocycles. The predicted octanol–water partition coefficient (Wildman–Crippen LogP) is 13.1. The maximum absolute atomic E-state index is 6.88. The summed E-state index contributed by atoms with van der Waals surface area (Å²) in [6.45, 7) is 0. The average Bonchev–Trinajstić information content (AvgIpc) is 3.63. The van der Waals surface area contributed by atoms with E-state index in [-0.39, 0.29) is 0 Å². The second-order valence-corrected chi connectivity index (χ2v) is 13.6. The molecule has 11 rings (SSSR count). The number of furan rings is 1. The smallest absolute Gasteiger partial charge is 0.164 e. The van der Waals surface area contributed by atoms with E-state index in [1.165, 1.54) is 37.7 Å². The van der Waals surface area contributed by atoms with Crippen molar-refractivity contribution in [1.82, 2.24) is 15.0 Å². The van der Waals surface area contributed by atoms with Crippen molar-refractivity contribution >= 4 is 65.0 Å². The first-order valence-electron chi connectivity index (χ1n) is 17.9. The van der Waals surface area contributed by atoms with Gasteiger partial charge in [-0.15, -0.1) is 0 Å². The molecule has 0 radical (unpaired) electrons. The monoisotopic (exact) mass is 675 g/mol. The van der Waals surface area contributed by atoms with Crippen LogP contribution in [0.25, 0.3) is 110 Å². The Kier molecular flexibility index (Phi) is 6.52. The van der Waals surface area contributed by atoms with E-state index in [0.717, 1.165) is 55.1 Å². The van der Waals surface area contributed by atoms with E-state index >= 15 is 0 Å². The third kappa shape index (κ3) is 4.73. The number of rotatable bonds is 4. The number of hydrogen-bond acceptors (Lipinski definition) is 4. The summed E-state index contributed by atoms with van der Waals surface area (Å²) in [6.07, 6.45) is 0. The molecule has 0 N–H and O–H groups in total. The predicted molar refractivity (Wildman–Crippen MR) is 219 cm³/mol. The van der Waals surface area contributed by atoms with Gasteiger partial charge in [0, 0.05) is 33.0 Å². The Morgan fingerprint density at radius 1 is 0.321 bits per heavy atom. The van der Waals surface area contributed by atoms with E-state index in [4.69, 9.17) is 19.4 Å². The van der Waals surface area contributed by atoms with Gasteiger partial charge in [0.2, 0.25) is 0 Å². The van der Waals surface area contributed by atoms with E-state index in [0.29, 0.717) is 17.5 Å². The fraction of sp³-hybridized carbons (Fsp3) is 0. The lowest BCUT2D eigenvalue weighted by Gasteiger charge is -2.15. The summed E-state index contributed by atoms with van der Waals surface area (Å²) < 4.78 is 6.88. The van der Waals surface area contributed by atoms with Crippen molar-refractivity contribution in [1.29, 1.82) is 0 Å². The highest BCUT2D eigenvalue weighted by atomic mass is 16.3. The summed E-state index contributed by atoms with van der Waals surface area (Å²) in [4.78, 5) is 15.4. The van der Waals surface area contributed by atoms with Gasteiger partial charge < -0.3 is 4.42 Å². The van der Waals surface area contributed by atoms with Crippen LogP contribution in [0.4, 0.5) is 0 Å². The van der Waals surface area contributed by atoms with Crippen molar-refractivity contribution in [3.05, 3.63) is 176 Å². The summed E-state index contributed by atoms with van der Waals surface area (Å²) >= 11 is 0. The minimum absolute atomic E-state index is 0.596. The molecule has 0 amide bonds. The molecular weight excluding hydrogens is 647 g/mol. The van der Waals surface area contributed by atoms with E-state index in [1.54, 1.807) is 0 Å². The van der Waals surface area contributed by atoms with Crippen molar-refractivity contribution < 1.29 is 4.42 Å². The van der Waals surface area contributed by atoms with Crippen LogP contribution < -0.4 is 0 Å². The van der Waals surface area contributed by atoms with E-state index in [1.807, 2.05) is 42.5 Å². The maximum Gasteiger partial charge on any atom is 0.164 e. The van der Waals surface area contributed by atoms with Crippen molar-refractivity contribution in [3.8, 4) is 45.3 Å². The van der Waals surface area contributed by atoms with Crippen LogP contribution in [0.3, 0.4) is 0 Å². The van der Waals surface area contributed by atoms with Crippen LogP contribution in [-0.4, -0.2) is 15.0 Å². The molecule has 2 aromatic heterocycles. The summed E-state index contributed by atoms with van der Waals surface area (Å²) in [5.41, 5.74) is 6.54. The molecule has 4 heteroatoms. The van der Waals surface area contributed by atoms with Crippen molar-refractivity contribution in [2.75, 3.05) is 0 Å². The lowest BCUT2D eigenvalue weighted by molar-refractivity contribution is 0.670. The van der Waals surface area contributed by atoms with Crippen LogP contribution in [-0.2, 0) is 0 Å². The zero-order valence-electron chi connectivity index (χ0n) is 28.5. The molecule has 0 fully saturated rings. The van der Waals surface area contributed by atoms with Crippen LogP contribution in [0.5, 0.6) is 0 Å². The zero-order valence-corrected chi connectivity index (χ0v) is 28.5. The zero-order chi connectivity index (χ0) is 34.9. The standard InChI is InChI=1S/C49H29N3O/c1-2-14-32(15-3-1)47-50-48(35-23-22-30-12-4-5-16-33(30)28-35)52-49(51-47)41-27-26-39(46-45(41)40-20-10-11-21-43(40)53-46)42-29-34-17-7-8-18-36(34)38-25-24-31-13-6-9-19-37(31)44(38)42/h1-29H. The highest BCUT2D eigenvalue weighted by Gasteiger charge is 2.22. The van der Waals surface area contributed by atoms with Gasteiger partial charge in [-0.2, -0.15) is 0 Å². The summed E-state index contributed by atoms with van der Waals surface area (Å²) in [7, 11) is 0. The lowest BCUT2D eigenvalue weighted by Crippen LogP contribution is -2.00. The fourth-order valence-corrected chi connectivity index (χ4v) is 7.99. The first kappa shape index (κ1) is 29.5. The maximum atomic E-state index is 6.88. The molecule has 0 spiro atoms. The Hall–Kier alpha value is -7.17. The van der Waals surface area contributed by atoms with Gasteiger partial charge in [0.15, 0.2) is 17.5 Å². The first-order chi connectivity index (χ1) is 26.3. The van der Waals surface area contributed by atoms with Crippen molar-refractivity contribution in [3.63, 3.8) is 0 Å². The van der Waals surface area contributed by atoms with E-state index < -0.39 is 0 Å². The Bertz CT molecular complexity index is 3240. The molecule has 4 nitrogen and oxygen atoms in total. The molecule has 246 valence electrons. The molecule has 0 bridgehead atoms. The fourth-order valence-electron chi connectivity index (χ4n) is 7.99. The minimum atomic E-state index is 0.596. The van der Waals surface area contributed by atoms with Gasteiger partial charge in [0.05, 0.1) is 0 Å². The summed E-state index contributed by atoms with van der Waals surface area (Å²) in [5.74, 6) is 1.84. The Balaban J connectivity index is 1.22. The van der Waals surface area contributed by atoms with Crippen molar-refractivity contribution in [2.24, 2.45) is 0 Å². The molecule has 2 heterocycles. The Morgan fingerprint density at radius 2 is 0.943 bits per heavy atom.